The van der Waals surface area contributed by atoms with Crippen molar-refractivity contribution in [2.75, 3.05) is 6.61 Å². The first-order valence-corrected chi connectivity index (χ1v) is 7.06. The monoisotopic (exact) mass is 389 g/mol. The number of hydrogen-bond donors (Lipinski definition) is 1. The number of aromatic nitrogens is 1. The van der Waals surface area contributed by atoms with Crippen LogP contribution in [0.25, 0.3) is 10.9 Å². The number of H-pyrrole nitrogens is 1. The van der Waals surface area contributed by atoms with Crippen LogP contribution in [-0.4, -0.2) is 35.8 Å². The van der Waals surface area contributed by atoms with Crippen LogP contribution in [0.2, 0.25) is 0 Å². The quantitative estimate of drug-likeness (QED) is 0.581. The van der Waals surface area contributed by atoms with Gasteiger partial charge in [-0.05, 0) is 11.6 Å². The highest BCUT2D eigenvalue weighted by atomic mass is 19.4. The fourth-order valence-corrected chi connectivity index (χ4v) is 2.26. The molecule has 0 aliphatic heterocycles. The number of aromatic amines is 1. The Labute approximate surface area is 140 Å². The summed E-state index contributed by atoms with van der Waals surface area (Å²) in [5, 5.41) is 0.142. The van der Waals surface area contributed by atoms with Crippen LogP contribution < -0.4 is 0 Å². The van der Waals surface area contributed by atoms with Gasteiger partial charge in [0.05, 0.1) is 12.3 Å². The average molecular weight is 389 g/mol. The summed E-state index contributed by atoms with van der Waals surface area (Å²) in [7, 11) is 0. The highest BCUT2D eigenvalue weighted by molar-refractivity contribution is 5.84. The Balaban J connectivity index is 2.18. The molecule has 1 heterocycles. The van der Waals surface area contributed by atoms with Gasteiger partial charge in [0.15, 0.2) is 6.61 Å². The van der Waals surface area contributed by atoms with Crippen molar-refractivity contribution in [3.8, 4) is 0 Å². The van der Waals surface area contributed by atoms with Crippen molar-refractivity contribution in [3.05, 3.63) is 36.0 Å². The predicted molar refractivity (Wildman–Crippen MR) is 73.7 cm³/mol. The molecule has 1 aromatic carbocycles. The molecule has 0 aliphatic carbocycles. The van der Waals surface area contributed by atoms with Crippen LogP contribution in [0.15, 0.2) is 30.5 Å². The zero-order valence-electron chi connectivity index (χ0n) is 12.7. The molecule has 0 unspecified atom stereocenters. The molecule has 1 N–H and O–H groups in total. The van der Waals surface area contributed by atoms with Crippen LogP contribution in [0, 0.1) is 0 Å². The number of rotatable bonds is 5. The summed E-state index contributed by atoms with van der Waals surface area (Å²) in [6.45, 7) is -2.38. The third kappa shape index (κ3) is 4.25. The largest absolute Gasteiger partial charge is 0.459 e. The first-order chi connectivity index (χ1) is 11.8. The van der Waals surface area contributed by atoms with E-state index in [0.29, 0.717) is 5.52 Å². The second-order valence-corrected chi connectivity index (χ2v) is 5.45. The molecule has 3 nitrogen and oxygen atoms in total. The molecule has 0 saturated heterocycles. The van der Waals surface area contributed by atoms with Crippen molar-refractivity contribution in [1.29, 1.82) is 0 Å². The van der Waals surface area contributed by atoms with Gasteiger partial charge < -0.3 is 9.72 Å². The third-order valence-electron chi connectivity index (χ3n) is 3.59. The molecule has 0 amide bonds. The number of esters is 1. The molecule has 0 bridgehead atoms. The molecule has 0 aliphatic rings. The van der Waals surface area contributed by atoms with Crippen LogP contribution in [0.3, 0.4) is 0 Å². The molecule has 0 spiro atoms. The van der Waals surface area contributed by atoms with E-state index in [0.717, 1.165) is 6.20 Å². The van der Waals surface area contributed by atoms with Gasteiger partial charge in [-0.3, -0.25) is 4.79 Å². The predicted octanol–water partition coefficient (Wildman–Crippen LogP) is 4.94. The maximum absolute atomic E-state index is 13.3. The minimum atomic E-state index is -5.98. The van der Waals surface area contributed by atoms with Crippen molar-refractivity contribution >= 4 is 16.9 Å². The molecule has 0 fully saturated rings. The minimum absolute atomic E-state index is 0.142. The Kier molecular flexibility index (Phi) is 5.20. The topological polar surface area (TPSA) is 42.1 Å². The van der Waals surface area contributed by atoms with Gasteiger partial charge in [0.1, 0.15) is 0 Å². The Hall–Kier alpha value is -2.33. The molecule has 2 rings (SSSR count). The second-order valence-electron chi connectivity index (χ2n) is 5.45. The standard InChI is InChI=1S/C15H11F8NO2/c16-13(17,15(21,22)23)7-26-12(25)5-10(14(18,19)20)9-6-24-11-4-2-1-3-8(9)11/h1-4,6,10,24H,5,7H2/t10-/m1/s1. The molecular weight excluding hydrogens is 378 g/mol. The number of alkyl halides is 8. The van der Waals surface area contributed by atoms with E-state index >= 15 is 0 Å². The lowest BCUT2D eigenvalue weighted by molar-refractivity contribution is -0.294. The van der Waals surface area contributed by atoms with E-state index in [9.17, 15) is 39.9 Å². The number of halogens is 8. The SMILES string of the molecule is O=C(C[C@H](c1c[nH]c2ccccc12)C(F)(F)F)OCC(F)(F)C(F)(F)F. The molecular formula is C15H11F8NO2. The van der Waals surface area contributed by atoms with Crippen molar-refractivity contribution in [3.63, 3.8) is 0 Å². The van der Waals surface area contributed by atoms with E-state index in [1.807, 2.05) is 0 Å². The zero-order valence-corrected chi connectivity index (χ0v) is 12.7. The fourth-order valence-electron chi connectivity index (χ4n) is 2.26. The number of para-hydroxylation sites is 1. The number of nitrogens with one attached hydrogen (secondary N) is 1. The van der Waals surface area contributed by atoms with Crippen molar-refractivity contribution in [2.45, 2.75) is 30.6 Å². The van der Waals surface area contributed by atoms with E-state index < -0.39 is 43.2 Å². The number of fused-ring (bicyclic) bond motifs is 1. The summed E-state index contributed by atoms with van der Waals surface area (Å²) in [5.74, 6) is -9.59. The lowest BCUT2D eigenvalue weighted by atomic mass is 9.94. The van der Waals surface area contributed by atoms with Gasteiger partial charge in [0, 0.05) is 17.1 Å². The van der Waals surface area contributed by atoms with E-state index in [1.165, 1.54) is 18.2 Å². The number of hydrogen-bond acceptors (Lipinski definition) is 2. The summed E-state index contributed by atoms with van der Waals surface area (Å²) in [6, 6.07) is 5.84. The highest BCUT2D eigenvalue weighted by Crippen LogP contribution is 2.41. The lowest BCUT2D eigenvalue weighted by Crippen LogP contribution is -2.41. The summed E-state index contributed by atoms with van der Waals surface area (Å²) in [4.78, 5) is 14.0. The summed E-state index contributed by atoms with van der Waals surface area (Å²) >= 11 is 0. The molecule has 144 valence electrons. The first kappa shape index (κ1) is 20.0. The van der Waals surface area contributed by atoms with Crippen LogP contribution in [-0.2, 0) is 9.53 Å². The third-order valence-corrected chi connectivity index (χ3v) is 3.59. The van der Waals surface area contributed by atoms with Gasteiger partial charge in [-0.1, -0.05) is 18.2 Å². The van der Waals surface area contributed by atoms with Crippen LogP contribution in [0.1, 0.15) is 17.9 Å². The molecule has 2 aromatic rings. The molecule has 1 atom stereocenters. The smallest absolute Gasteiger partial charge is 0.456 e. The Bertz CT molecular complexity index is 778. The van der Waals surface area contributed by atoms with Crippen LogP contribution in [0.4, 0.5) is 35.1 Å². The number of benzene rings is 1. The maximum Gasteiger partial charge on any atom is 0.456 e. The lowest BCUT2D eigenvalue weighted by Gasteiger charge is -2.21. The fraction of sp³-hybridized carbons (Fsp3) is 0.400. The summed E-state index contributed by atoms with van der Waals surface area (Å²) in [6.07, 6.45) is -11.4. The first-order valence-electron chi connectivity index (χ1n) is 7.06. The molecule has 1 aromatic heterocycles. The van der Waals surface area contributed by atoms with E-state index in [4.69, 9.17) is 0 Å². The van der Waals surface area contributed by atoms with Crippen molar-refractivity contribution in [2.24, 2.45) is 0 Å². The van der Waals surface area contributed by atoms with Gasteiger partial charge in [0.25, 0.3) is 0 Å². The number of carbonyl (C=O) groups is 1. The van der Waals surface area contributed by atoms with Crippen molar-refractivity contribution < 1.29 is 44.7 Å². The van der Waals surface area contributed by atoms with E-state index in [-0.39, 0.29) is 10.9 Å². The molecule has 0 radical (unpaired) electrons. The minimum Gasteiger partial charge on any atom is -0.459 e. The van der Waals surface area contributed by atoms with Gasteiger partial charge in [0.2, 0.25) is 0 Å². The molecule has 26 heavy (non-hydrogen) atoms. The Morgan fingerprint density at radius 2 is 1.65 bits per heavy atom. The van der Waals surface area contributed by atoms with Crippen LogP contribution in [0.5, 0.6) is 0 Å². The van der Waals surface area contributed by atoms with Gasteiger partial charge in [-0.15, -0.1) is 0 Å². The van der Waals surface area contributed by atoms with E-state index in [2.05, 4.69) is 9.72 Å². The van der Waals surface area contributed by atoms with Crippen LogP contribution >= 0.6 is 0 Å². The molecule has 0 saturated carbocycles. The van der Waals surface area contributed by atoms with Gasteiger partial charge in [-0.2, -0.15) is 35.1 Å². The second kappa shape index (κ2) is 6.76. The summed E-state index contributed by atoms with van der Waals surface area (Å²) in [5.41, 5.74) is 0.00125. The maximum atomic E-state index is 13.3. The number of carbonyl (C=O) groups excluding carboxylic acids is 1. The normalized spacial score (nSPS) is 14.5. The Morgan fingerprint density at radius 3 is 2.23 bits per heavy atom. The van der Waals surface area contributed by atoms with Gasteiger partial charge >= 0.3 is 24.2 Å². The van der Waals surface area contributed by atoms with E-state index in [1.54, 1.807) is 6.07 Å². The Morgan fingerprint density at radius 1 is 1.04 bits per heavy atom. The highest BCUT2D eigenvalue weighted by Gasteiger charge is 2.58. The average Bonchev–Trinajstić information content (AvgIpc) is 2.92. The number of ether oxygens (including phenoxy) is 1. The van der Waals surface area contributed by atoms with Crippen molar-refractivity contribution in [1.82, 2.24) is 4.98 Å². The zero-order chi connectivity index (χ0) is 19.8. The summed E-state index contributed by atoms with van der Waals surface area (Å²) < 4.78 is 105. The molecule has 11 heteroatoms. The van der Waals surface area contributed by atoms with Gasteiger partial charge in [-0.25, -0.2) is 0 Å².